The minimum atomic E-state index is -5.37. The van der Waals surface area contributed by atoms with E-state index in [1.807, 2.05) is 0 Å². The molecular weight excluding hydrogens is 335 g/mol. The van der Waals surface area contributed by atoms with Gasteiger partial charge in [-0.2, -0.15) is 52.1 Å². The van der Waals surface area contributed by atoms with E-state index in [1.165, 1.54) is 0 Å². The molecule has 0 saturated carbocycles. The highest BCUT2D eigenvalue weighted by Crippen LogP contribution is 2.46. The summed E-state index contributed by atoms with van der Waals surface area (Å²) in [4.78, 5) is 0. The molecule has 0 aromatic heterocycles. The molecule has 0 bridgehead atoms. The third kappa shape index (κ3) is 3.98. The number of thiol groups is 1. The smallest absolute Gasteiger partial charge is 0.171 e. The van der Waals surface area contributed by atoms with Crippen LogP contribution in [0.25, 0.3) is 0 Å². The molecule has 0 aliphatic carbocycles. The first-order valence-electron chi connectivity index (χ1n) is 5.23. The zero-order valence-corrected chi connectivity index (χ0v) is 11.0. The lowest BCUT2D eigenvalue weighted by Gasteiger charge is -2.23. The fourth-order valence-electron chi connectivity index (χ4n) is 1.74. The topological polar surface area (TPSA) is 0 Å². The number of halogens is 9. The van der Waals surface area contributed by atoms with Gasteiger partial charge in [-0.15, -0.1) is 0 Å². The van der Waals surface area contributed by atoms with Crippen molar-refractivity contribution >= 4 is 12.6 Å². The molecule has 1 aromatic carbocycles. The first-order chi connectivity index (χ1) is 9.15. The normalized spacial score (nSPS) is 15.2. The Kier molecular flexibility index (Phi) is 4.53. The lowest BCUT2D eigenvalue weighted by Crippen LogP contribution is -2.20. The Balaban J connectivity index is 3.85. The van der Waals surface area contributed by atoms with Gasteiger partial charge in [-0.1, -0.05) is 0 Å². The highest BCUT2D eigenvalue weighted by atomic mass is 32.1. The highest BCUT2D eigenvalue weighted by molar-refractivity contribution is 7.80. The Labute approximate surface area is 118 Å². The fraction of sp³-hybridized carbons (Fsp3) is 0.455. The van der Waals surface area contributed by atoms with E-state index in [2.05, 4.69) is 12.6 Å². The lowest BCUT2D eigenvalue weighted by molar-refractivity contribution is -0.149. The molecule has 0 nitrogen and oxygen atoms in total. The third-order valence-electron chi connectivity index (χ3n) is 2.54. The molecule has 0 fully saturated rings. The number of hydrogen-bond donors (Lipinski definition) is 1. The van der Waals surface area contributed by atoms with Crippen LogP contribution in [0.1, 0.15) is 34.4 Å². The van der Waals surface area contributed by atoms with Gasteiger partial charge in [-0.05, 0) is 24.6 Å². The predicted octanol–water partition coefficient (Wildman–Crippen LogP) is 5.73. The van der Waals surface area contributed by atoms with E-state index >= 15 is 0 Å². The average molecular weight is 342 g/mol. The molecule has 120 valence electrons. The van der Waals surface area contributed by atoms with Crippen molar-refractivity contribution in [1.82, 2.24) is 0 Å². The van der Waals surface area contributed by atoms with E-state index in [4.69, 9.17) is 0 Å². The third-order valence-corrected chi connectivity index (χ3v) is 2.79. The van der Waals surface area contributed by atoms with E-state index in [9.17, 15) is 39.5 Å². The van der Waals surface area contributed by atoms with Crippen LogP contribution in [-0.4, -0.2) is 0 Å². The summed E-state index contributed by atoms with van der Waals surface area (Å²) < 4.78 is 114. The van der Waals surface area contributed by atoms with Gasteiger partial charge in [0.1, 0.15) is 0 Å². The predicted molar refractivity (Wildman–Crippen MR) is 58.8 cm³/mol. The molecule has 0 radical (unpaired) electrons. The Morgan fingerprint density at radius 1 is 0.762 bits per heavy atom. The van der Waals surface area contributed by atoms with Crippen LogP contribution < -0.4 is 0 Å². The van der Waals surface area contributed by atoms with Crippen molar-refractivity contribution in [3.05, 3.63) is 34.4 Å². The van der Waals surface area contributed by atoms with Crippen LogP contribution in [0.2, 0.25) is 0 Å². The molecule has 0 saturated heterocycles. The van der Waals surface area contributed by atoms with Crippen LogP contribution in [-0.2, 0) is 18.5 Å². The first-order valence-corrected chi connectivity index (χ1v) is 5.75. The molecule has 1 rings (SSSR count). The van der Waals surface area contributed by atoms with Gasteiger partial charge in [-0.3, -0.25) is 0 Å². The SMILES string of the molecule is CC(S)c1c(C(F)(F)F)cc(C(F)(F)F)cc1C(F)(F)F. The molecule has 1 unspecified atom stereocenters. The summed E-state index contributed by atoms with van der Waals surface area (Å²) in [5.74, 6) is 0. The van der Waals surface area contributed by atoms with Crippen molar-refractivity contribution in [1.29, 1.82) is 0 Å². The van der Waals surface area contributed by atoms with Crippen molar-refractivity contribution in [2.75, 3.05) is 0 Å². The largest absolute Gasteiger partial charge is 0.416 e. The second-order valence-electron chi connectivity index (χ2n) is 4.15. The summed E-state index contributed by atoms with van der Waals surface area (Å²) in [6.45, 7) is 0.913. The first kappa shape index (κ1) is 18.0. The number of benzene rings is 1. The Morgan fingerprint density at radius 3 is 1.29 bits per heavy atom. The Bertz CT molecular complexity index is 487. The number of hydrogen-bond acceptors (Lipinski definition) is 1. The Morgan fingerprint density at radius 2 is 1.10 bits per heavy atom. The summed E-state index contributed by atoms with van der Waals surface area (Å²) in [5.41, 5.74) is -7.33. The van der Waals surface area contributed by atoms with Crippen LogP contribution in [0.5, 0.6) is 0 Å². The maximum absolute atomic E-state index is 12.8. The minimum Gasteiger partial charge on any atom is -0.171 e. The zero-order valence-electron chi connectivity index (χ0n) is 10.1. The molecule has 0 amide bonds. The lowest BCUT2D eigenvalue weighted by atomic mass is 9.94. The van der Waals surface area contributed by atoms with Crippen molar-refractivity contribution in [3.8, 4) is 0 Å². The van der Waals surface area contributed by atoms with Crippen molar-refractivity contribution in [2.24, 2.45) is 0 Å². The standard InChI is InChI=1S/C11H7F9S/c1-4(21)8-6(10(15,16)17)2-5(9(12,13)14)3-7(8)11(18,19)20/h2-4,21H,1H3. The van der Waals surface area contributed by atoms with Gasteiger partial charge in [0, 0.05) is 5.25 Å². The van der Waals surface area contributed by atoms with Crippen LogP contribution in [0.15, 0.2) is 12.1 Å². The van der Waals surface area contributed by atoms with Crippen molar-refractivity contribution < 1.29 is 39.5 Å². The van der Waals surface area contributed by atoms with E-state index in [-0.39, 0.29) is 12.1 Å². The number of alkyl halides is 9. The highest BCUT2D eigenvalue weighted by Gasteiger charge is 2.45. The van der Waals surface area contributed by atoms with Gasteiger partial charge < -0.3 is 0 Å². The molecule has 10 heteroatoms. The maximum Gasteiger partial charge on any atom is 0.416 e. The monoisotopic (exact) mass is 342 g/mol. The van der Waals surface area contributed by atoms with Gasteiger partial charge in [0.2, 0.25) is 0 Å². The van der Waals surface area contributed by atoms with Crippen LogP contribution >= 0.6 is 12.6 Å². The van der Waals surface area contributed by atoms with Crippen molar-refractivity contribution in [2.45, 2.75) is 30.7 Å². The van der Waals surface area contributed by atoms with Crippen molar-refractivity contribution in [3.63, 3.8) is 0 Å². The second kappa shape index (κ2) is 5.29. The van der Waals surface area contributed by atoms with E-state index in [0.29, 0.717) is 0 Å². The van der Waals surface area contributed by atoms with Gasteiger partial charge in [0.05, 0.1) is 16.7 Å². The molecule has 1 atom stereocenters. The molecule has 21 heavy (non-hydrogen) atoms. The van der Waals surface area contributed by atoms with E-state index in [0.717, 1.165) is 6.92 Å². The van der Waals surface area contributed by atoms with Crippen LogP contribution in [0.4, 0.5) is 39.5 Å². The summed E-state index contributed by atoms with van der Waals surface area (Å²) >= 11 is 3.52. The fourth-order valence-corrected chi connectivity index (χ4v) is 2.01. The van der Waals surface area contributed by atoms with Crippen LogP contribution in [0, 0.1) is 0 Å². The minimum absolute atomic E-state index is 0.336. The molecule has 0 aliphatic rings. The van der Waals surface area contributed by atoms with Gasteiger partial charge in [0.15, 0.2) is 0 Å². The van der Waals surface area contributed by atoms with Gasteiger partial charge in [-0.25, -0.2) is 0 Å². The van der Waals surface area contributed by atoms with Gasteiger partial charge in [0.25, 0.3) is 0 Å². The second-order valence-corrected chi connectivity index (χ2v) is 4.93. The molecule has 0 spiro atoms. The molecular formula is C11H7F9S. The molecule has 0 heterocycles. The van der Waals surface area contributed by atoms with Crippen LogP contribution in [0.3, 0.4) is 0 Å². The van der Waals surface area contributed by atoms with E-state index in [1.54, 1.807) is 0 Å². The summed E-state index contributed by atoms with van der Waals surface area (Å²) in [5, 5.41) is -1.56. The Hall–Kier alpha value is -1.06. The summed E-state index contributed by atoms with van der Waals surface area (Å²) in [7, 11) is 0. The van der Waals surface area contributed by atoms with E-state index < -0.39 is 46.0 Å². The number of rotatable bonds is 1. The maximum atomic E-state index is 12.8. The van der Waals surface area contributed by atoms with Gasteiger partial charge >= 0.3 is 18.5 Å². The molecule has 0 aliphatic heterocycles. The summed E-state index contributed by atoms with van der Waals surface area (Å²) in [6, 6.07) is -0.672. The summed E-state index contributed by atoms with van der Waals surface area (Å²) in [6.07, 6.45) is -16.1. The zero-order chi connectivity index (χ0) is 16.8. The molecule has 0 N–H and O–H groups in total. The molecule has 1 aromatic rings. The quantitative estimate of drug-likeness (QED) is 0.489. The average Bonchev–Trinajstić information content (AvgIpc) is 2.23.